The molecule has 1 aliphatic heterocycles. The molecule has 0 amide bonds. The number of nitrogens with zero attached hydrogens (tertiary/aromatic N) is 4. The molecule has 1 saturated heterocycles. The van der Waals surface area contributed by atoms with Crippen molar-refractivity contribution in [2.45, 2.75) is 19.3 Å². The summed E-state index contributed by atoms with van der Waals surface area (Å²) in [6.07, 6.45) is 6.23. The van der Waals surface area contributed by atoms with Crippen LogP contribution in [0.5, 0.6) is 0 Å². The summed E-state index contributed by atoms with van der Waals surface area (Å²) in [6.45, 7) is 1.85. The van der Waals surface area contributed by atoms with Crippen LogP contribution in [-0.2, 0) is 6.42 Å². The maximum absolute atomic E-state index is 13.8. The number of halogens is 1. The summed E-state index contributed by atoms with van der Waals surface area (Å²) in [5.74, 6) is 1.36. The Bertz CT molecular complexity index is 807. The third-order valence-corrected chi connectivity index (χ3v) is 4.61. The van der Waals surface area contributed by atoms with E-state index in [0.717, 1.165) is 54.8 Å². The van der Waals surface area contributed by atoms with Crippen molar-refractivity contribution in [1.29, 1.82) is 0 Å². The first-order valence-electron chi connectivity index (χ1n) is 7.93. The van der Waals surface area contributed by atoms with Gasteiger partial charge in [-0.1, -0.05) is 18.2 Å². The molecule has 0 unspecified atom stereocenters. The summed E-state index contributed by atoms with van der Waals surface area (Å²) in [5.41, 5.74) is 1.59. The first kappa shape index (κ1) is 14.1. The van der Waals surface area contributed by atoms with E-state index in [-0.39, 0.29) is 5.82 Å². The Morgan fingerprint density at radius 2 is 2.00 bits per heavy atom. The summed E-state index contributed by atoms with van der Waals surface area (Å²) in [4.78, 5) is 10.9. The van der Waals surface area contributed by atoms with Crippen molar-refractivity contribution in [3.63, 3.8) is 0 Å². The molecule has 3 aromatic rings. The predicted octanol–water partition coefficient (Wildman–Crippen LogP) is 2.95. The van der Waals surface area contributed by atoms with Crippen molar-refractivity contribution in [2.75, 3.05) is 18.0 Å². The van der Waals surface area contributed by atoms with Crippen LogP contribution in [0.4, 0.5) is 10.2 Å². The molecular formula is C17H18FN5. The highest BCUT2D eigenvalue weighted by atomic mass is 19.1. The number of rotatable bonds is 3. The van der Waals surface area contributed by atoms with Crippen molar-refractivity contribution in [3.8, 4) is 0 Å². The lowest BCUT2D eigenvalue weighted by Crippen LogP contribution is -2.35. The fraction of sp³-hybridized carbons (Fsp3) is 0.353. The third-order valence-electron chi connectivity index (χ3n) is 4.61. The monoisotopic (exact) mass is 311 g/mol. The van der Waals surface area contributed by atoms with E-state index in [0.29, 0.717) is 5.92 Å². The minimum absolute atomic E-state index is 0.0918. The third kappa shape index (κ3) is 2.76. The molecule has 0 radical (unpaired) electrons. The Balaban J connectivity index is 1.45. The Morgan fingerprint density at radius 3 is 2.83 bits per heavy atom. The van der Waals surface area contributed by atoms with Gasteiger partial charge in [-0.05, 0) is 36.8 Å². The van der Waals surface area contributed by atoms with Crippen molar-refractivity contribution in [2.24, 2.45) is 5.92 Å². The molecule has 0 atom stereocenters. The maximum Gasteiger partial charge on any atom is 0.160 e. The number of hydrogen-bond donors (Lipinski definition) is 1. The van der Waals surface area contributed by atoms with Gasteiger partial charge in [0.05, 0.1) is 11.6 Å². The lowest BCUT2D eigenvalue weighted by Gasteiger charge is -2.33. The number of piperidine rings is 1. The number of H-pyrrole nitrogens is 1. The zero-order chi connectivity index (χ0) is 15.6. The van der Waals surface area contributed by atoms with Gasteiger partial charge >= 0.3 is 0 Å². The number of aromatic nitrogens is 4. The molecule has 0 saturated carbocycles. The average Bonchev–Trinajstić information content (AvgIpc) is 3.06. The SMILES string of the molecule is Fc1ccccc1CC1CCN(c2ncnc3[nH]ncc23)CC1. The Morgan fingerprint density at radius 1 is 1.17 bits per heavy atom. The van der Waals surface area contributed by atoms with Crippen LogP contribution in [0.2, 0.25) is 0 Å². The molecule has 3 heterocycles. The molecule has 0 bridgehead atoms. The molecule has 0 spiro atoms. The molecule has 1 aliphatic rings. The van der Waals surface area contributed by atoms with Crippen LogP contribution < -0.4 is 4.90 Å². The molecule has 23 heavy (non-hydrogen) atoms. The van der Waals surface area contributed by atoms with Crippen molar-refractivity contribution in [1.82, 2.24) is 20.2 Å². The van der Waals surface area contributed by atoms with Crippen LogP contribution in [0.25, 0.3) is 11.0 Å². The van der Waals surface area contributed by atoms with Crippen molar-refractivity contribution < 1.29 is 4.39 Å². The highest BCUT2D eigenvalue weighted by Crippen LogP contribution is 2.28. The Kier molecular flexibility index (Phi) is 3.65. The summed E-state index contributed by atoms with van der Waals surface area (Å²) in [5, 5.41) is 7.88. The van der Waals surface area contributed by atoms with Crippen LogP contribution in [0.3, 0.4) is 0 Å². The number of benzene rings is 1. The maximum atomic E-state index is 13.8. The predicted molar refractivity (Wildman–Crippen MR) is 86.7 cm³/mol. The van der Waals surface area contributed by atoms with Gasteiger partial charge in [0.1, 0.15) is 18.0 Å². The summed E-state index contributed by atoms with van der Waals surface area (Å²) >= 11 is 0. The lowest BCUT2D eigenvalue weighted by molar-refractivity contribution is 0.397. The van der Waals surface area contributed by atoms with Crippen LogP contribution in [0, 0.1) is 11.7 Å². The molecule has 1 aromatic carbocycles. The number of anilines is 1. The van der Waals surface area contributed by atoms with E-state index in [1.807, 2.05) is 12.1 Å². The van der Waals surface area contributed by atoms with Gasteiger partial charge in [-0.3, -0.25) is 5.10 Å². The van der Waals surface area contributed by atoms with E-state index in [9.17, 15) is 4.39 Å². The van der Waals surface area contributed by atoms with Gasteiger partial charge < -0.3 is 4.90 Å². The van der Waals surface area contributed by atoms with Gasteiger partial charge in [-0.25, -0.2) is 14.4 Å². The number of aromatic amines is 1. The van der Waals surface area contributed by atoms with Gasteiger partial charge in [0.15, 0.2) is 5.65 Å². The van der Waals surface area contributed by atoms with Gasteiger partial charge in [-0.15, -0.1) is 0 Å². The Hall–Kier alpha value is -2.50. The van der Waals surface area contributed by atoms with Crippen LogP contribution in [0.1, 0.15) is 18.4 Å². The summed E-state index contributed by atoms with van der Waals surface area (Å²) in [7, 11) is 0. The van der Waals surface area contributed by atoms with Gasteiger partial charge in [0, 0.05) is 13.1 Å². The molecule has 5 nitrogen and oxygen atoms in total. The lowest BCUT2D eigenvalue weighted by atomic mass is 9.90. The first-order chi connectivity index (χ1) is 11.3. The largest absolute Gasteiger partial charge is 0.356 e. The molecule has 4 rings (SSSR count). The zero-order valence-corrected chi connectivity index (χ0v) is 12.7. The molecule has 2 aromatic heterocycles. The molecule has 118 valence electrons. The van der Waals surface area contributed by atoms with E-state index in [1.54, 1.807) is 24.7 Å². The molecule has 1 N–H and O–H groups in total. The number of nitrogens with one attached hydrogen (secondary N) is 1. The molecule has 0 aliphatic carbocycles. The van der Waals surface area contributed by atoms with Crippen LogP contribution in [0.15, 0.2) is 36.8 Å². The zero-order valence-electron chi connectivity index (χ0n) is 12.7. The Labute approximate surface area is 133 Å². The fourth-order valence-electron chi connectivity index (χ4n) is 3.33. The van der Waals surface area contributed by atoms with E-state index in [1.165, 1.54) is 0 Å². The first-order valence-corrected chi connectivity index (χ1v) is 7.93. The highest BCUT2D eigenvalue weighted by molar-refractivity contribution is 5.86. The van der Waals surface area contributed by atoms with Crippen molar-refractivity contribution in [3.05, 3.63) is 48.2 Å². The number of hydrogen-bond acceptors (Lipinski definition) is 4. The van der Waals surface area contributed by atoms with Gasteiger partial charge in [-0.2, -0.15) is 5.10 Å². The molecule has 6 heteroatoms. The quantitative estimate of drug-likeness (QED) is 0.808. The van der Waals surface area contributed by atoms with Crippen LogP contribution >= 0.6 is 0 Å². The second-order valence-electron chi connectivity index (χ2n) is 6.06. The van der Waals surface area contributed by atoms with Gasteiger partial charge in [0.2, 0.25) is 0 Å². The summed E-state index contributed by atoms with van der Waals surface area (Å²) < 4.78 is 13.8. The van der Waals surface area contributed by atoms with Crippen molar-refractivity contribution >= 4 is 16.9 Å². The van der Waals surface area contributed by atoms with E-state index < -0.39 is 0 Å². The van der Waals surface area contributed by atoms with E-state index >= 15 is 0 Å². The second-order valence-corrected chi connectivity index (χ2v) is 6.06. The normalized spacial score (nSPS) is 16.1. The van der Waals surface area contributed by atoms with E-state index in [2.05, 4.69) is 25.1 Å². The van der Waals surface area contributed by atoms with E-state index in [4.69, 9.17) is 0 Å². The molecular weight excluding hydrogens is 293 g/mol. The van der Waals surface area contributed by atoms with Gasteiger partial charge in [0.25, 0.3) is 0 Å². The topological polar surface area (TPSA) is 57.7 Å². The smallest absolute Gasteiger partial charge is 0.160 e. The minimum atomic E-state index is -0.0918. The minimum Gasteiger partial charge on any atom is -0.356 e. The standard InChI is InChI=1S/C17H18FN5/c18-15-4-2-1-3-13(15)9-12-5-7-23(8-6-12)17-14-10-21-22-16(14)19-11-20-17/h1-4,10-12H,5-9H2,(H,19,20,21,22). The fourth-order valence-corrected chi connectivity index (χ4v) is 3.33. The number of fused-ring (bicyclic) bond motifs is 1. The highest BCUT2D eigenvalue weighted by Gasteiger charge is 2.23. The summed E-state index contributed by atoms with van der Waals surface area (Å²) in [6, 6.07) is 7.08. The second kappa shape index (κ2) is 5.95. The van der Waals surface area contributed by atoms with Crippen LogP contribution in [-0.4, -0.2) is 33.3 Å². The molecule has 1 fully saturated rings. The average molecular weight is 311 g/mol.